The van der Waals surface area contributed by atoms with Gasteiger partial charge in [0.05, 0.1) is 0 Å². The topological polar surface area (TPSA) is 149 Å². The van der Waals surface area contributed by atoms with Gasteiger partial charge in [0.1, 0.15) is 6.61 Å². The molecule has 1 aromatic rings. The molecule has 0 aromatic heterocycles. The lowest BCUT2D eigenvalue weighted by Gasteiger charge is -2.34. The van der Waals surface area contributed by atoms with E-state index in [9.17, 15) is 28.8 Å². The van der Waals surface area contributed by atoms with Crippen LogP contribution in [0.15, 0.2) is 28.7 Å². The van der Waals surface area contributed by atoms with Crippen LogP contribution in [0.2, 0.25) is 0 Å². The van der Waals surface area contributed by atoms with E-state index in [-0.39, 0.29) is 5.56 Å². The maximum absolute atomic E-state index is 13.3. The Morgan fingerprint density at radius 3 is 1.59 bits per heavy atom. The molecule has 0 saturated carbocycles. The maximum Gasteiger partial charge on any atom is 0.303 e. The molecule has 0 spiro atoms. The van der Waals surface area contributed by atoms with Gasteiger partial charge in [-0.25, -0.2) is 0 Å². The first-order valence-electron chi connectivity index (χ1n) is 9.93. The number of halogens is 1. The summed E-state index contributed by atoms with van der Waals surface area (Å²) in [6.07, 6.45) is -6.76. The average molecular weight is 545 g/mol. The minimum absolute atomic E-state index is 0.0807. The van der Waals surface area contributed by atoms with E-state index in [1.165, 1.54) is 12.1 Å². The van der Waals surface area contributed by atoms with Gasteiger partial charge in [-0.1, -0.05) is 28.1 Å². The third-order valence-electron chi connectivity index (χ3n) is 4.04. The van der Waals surface area contributed by atoms with E-state index in [0.717, 1.165) is 34.6 Å². The van der Waals surface area contributed by atoms with Crippen LogP contribution in [0.25, 0.3) is 0 Å². The number of Topliss-reactive ketones (excluding diaryl/α,β-unsaturated/α-hetero) is 1. The van der Waals surface area contributed by atoms with E-state index in [2.05, 4.69) is 15.9 Å². The molecule has 0 radical (unpaired) electrons. The van der Waals surface area contributed by atoms with E-state index >= 15 is 0 Å². The molecule has 12 heteroatoms. The van der Waals surface area contributed by atoms with Crippen LogP contribution in [0, 0.1) is 0 Å². The van der Waals surface area contributed by atoms with Crippen molar-refractivity contribution in [2.45, 2.75) is 59.0 Å². The first-order valence-corrected chi connectivity index (χ1v) is 10.7. The van der Waals surface area contributed by atoms with Gasteiger partial charge < -0.3 is 23.7 Å². The predicted molar refractivity (Wildman–Crippen MR) is 117 cm³/mol. The van der Waals surface area contributed by atoms with E-state index in [4.69, 9.17) is 23.7 Å². The Morgan fingerprint density at radius 1 is 0.676 bits per heavy atom. The van der Waals surface area contributed by atoms with Crippen LogP contribution in [0.5, 0.6) is 0 Å². The molecule has 0 aliphatic carbocycles. The summed E-state index contributed by atoms with van der Waals surface area (Å²) < 4.78 is 26.4. The third kappa shape index (κ3) is 9.69. The minimum Gasteiger partial charge on any atom is -0.462 e. The van der Waals surface area contributed by atoms with E-state index in [1.54, 1.807) is 12.1 Å². The van der Waals surface area contributed by atoms with Gasteiger partial charge in [-0.3, -0.25) is 28.8 Å². The van der Waals surface area contributed by atoms with Crippen molar-refractivity contribution in [2.24, 2.45) is 0 Å². The van der Waals surface area contributed by atoms with Crippen molar-refractivity contribution in [2.75, 3.05) is 6.61 Å². The molecule has 0 amide bonds. The van der Waals surface area contributed by atoms with Crippen molar-refractivity contribution < 1.29 is 52.5 Å². The van der Waals surface area contributed by atoms with Crippen LogP contribution in [0.1, 0.15) is 45.0 Å². The molecule has 0 aliphatic heterocycles. The molecule has 34 heavy (non-hydrogen) atoms. The largest absolute Gasteiger partial charge is 0.462 e. The van der Waals surface area contributed by atoms with E-state index in [1.807, 2.05) is 0 Å². The summed E-state index contributed by atoms with van der Waals surface area (Å²) in [4.78, 5) is 72.0. The molecule has 1 aromatic carbocycles. The summed E-state index contributed by atoms with van der Waals surface area (Å²) in [6.45, 7) is 4.59. The quantitative estimate of drug-likeness (QED) is 0.228. The van der Waals surface area contributed by atoms with Crippen LogP contribution >= 0.6 is 15.9 Å². The Morgan fingerprint density at radius 2 is 1.15 bits per heavy atom. The molecular weight excluding hydrogens is 520 g/mol. The Balaban J connectivity index is 3.61. The molecule has 1 rings (SSSR count). The van der Waals surface area contributed by atoms with Gasteiger partial charge in [-0.05, 0) is 12.1 Å². The van der Waals surface area contributed by atoms with Gasteiger partial charge in [0.25, 0.3) is 0 Å². The second-order valence-electron chi connectivity index (χ2n) is 7.00. The molecule has 0 saturated heterocycles. The maximum atomic E-state index is 13.3. The highest BCUT2D eigenvalue weighted by Gasteiger charge is 2.47. The van der Waals surface area contributed by atoms with Gasteiger partial charge in [-0.2, -0.15) is 0 Å². The Hall–Kier alpha value is -3.28. The fourth-order valence-electron chi connectivity index (χ4n) is 2.87. The zero-order chi connectivity index (χ0) is 26.0. The SMILES string of the molecule is CC(=O)OC[C@@H](OC(C)=O)C(OC(C)=O)[C@@H](OC(C)=O)C(OC(C)=O)C(=O)c1ccc(Br)cc1. The molecule has 0 bridgehead atoms. The number of hydrogen-bond donors (Lipinski definition) is 0. The van der Waals surface area contributed by atoms with Crippen LogP contribution in [0.4, 0.5) is 0 Å². The van der Waals surface area contributed by atoms with Gasteiger partial charge in [0, 0.05) is 44.7 Å². The molecule has 0 fully saturated rings. The fourth-order valence-corrected chi connectivity index (χ4v) is 3.14. The number of ether oxygens (including phenoxy) is 5. The summed E-state index contributed by atoms with van der Waals surface area (Å²) in [5, 5.41) is 0. The smallest absolute Gasteiger partial charge is 0.303 e. The van der Waals surface area contributed by atoms with Crippen LogP contribution in [-0.2, 0) is 47.7 Å². The van der Waals surface area contributed by atoms with Gasteiger partial charge in [0.2, 0.25) is 11.9 Å². The lowest BCUT2D eigenvalue weighted by molar-refractivity contribution is -0.199. The number of ketones is 1. The first kappa shape index (κ1) is 28.8. The van der Waals surface area contributed by atoms with Crippen molar-refractivity contribution in [1.82, 2.24) is 0 Å². The Labute approximate surface area is 204 Å². The minimum atomic E-state index is -1.80. The summed E-state index contributed by atoms with van der Waals surface area (Å²) in [5.41, 5.74) is 0.0807. The summed E-state index contributed by atoms with van der Waals surface area (Å²) in [5.74, 6) is -5.11. The van der Waals surface area contributed by atoms with Gasteiger partial charge in [-0.15, -0.1) is 0 Å². The van der Waals surface area contributed by atoms with Crippen molar-refractivity contribution in [3.8, 4) is 0 Å². The normalized spacial score (nSPS) is 13.9. The Bertz CT molecular complexity index is 925. The second kappa shape index (κ2) is 13.4. The predicted octanol–water partition coefficient (Wildman–Crippen LogP) is 1.92. The van der Waals surface area contributed by atoms with Crippen LogP contribution in [-0.4, -0.2) is 66.7 Å². The monoisotopic (exact) mass is 544 g/mol. The number of carbonyl (C=O) groups is 6. The fraction of sp³-hybridized carbons (Fsp3) is 0.455. The first-order chi connectivity index (χ1) is 15.8. The van der Waals surface area contributed by atoms with E-state index in [0.29, 0.717) is 4.47 Å². The number of hydrogen-bond acceptors (Lipinski definition) is 11. The number of esters is 5. The number of carbonyl (C=O) groups excluding carboxylic acids is 6. The van der Waals surface area contributed by atoms with Gasteiger partial charge in [0.15, 0.2) is 18.3 Å². The van der Waals surface area contributed by atoms with Crippen molar-refractivity contribution in [3.63, 3.8) is 0 Å². The van der Waals surface area contributed by atoms with Crippen LogP contribution in [0.3, 0.4) is 0 Å². The summed E-state index contributed by atoms with van der Waals surface area (Å²) in [6, 6.07) is 5.98. The molecule has 4 atom stereocenters. The lowest BCUT2D eigenvalue weighted by atomic mass is 9.95. The molecule has 0 heterocycles. The molecule has 186 valence electrons. The van der Waals surface area contributed by atoms with Gasteiger partial charge >= 0.3 is 29.8 Å². The average Bonchev–Trinajstić information content (AvgIpc) is 2.71. The number of rotatable bonds is 11. The molecular formula is C22H25BrO11. The summed E-state index contributed by atoms with van der Waals surface area (Å²) in [7, 11) is 0. The highest BCUT2D eigenvalue weighted by molar-refractivity contribution is 9.10. The summed E-state index contributed by atoms with van der Waals surface area (Å²) >= 11 is 3.24. The van der Waals surface area contributed by atoms with Crippen molar-refractivity contribution >= 4 is 51.6 Å². The highest BCUT2D eigenvalue weighted by atomic mass is 79.9. The molecule has 11 nitrogen and oxygen atoms in total. The van der Waals surface area contributed by atoms with Crippen molar-refractivity contribution in [3.05, 3.63) is 34.3 Å². The lowest BCUT2D eigenvalue weighted by Crippen LogP contribution is -2.55. The molecule has 0 aliphatic rings. The standard InChI is InChI=1S/C22H25BrO11/c1-11(24)30-10-18(31-12(2)25)20(32-13(3)26)22(34-15(5)28)21(33-14(4)27)19(29)16-6-8-17(23)9-7-16/h6-9,18,20-22H,10H2,1-5H3/t18-,20?,21?,22-/m1/s1. The zero-order valence-corrected chi connectivity index (χ0v) is 20.8. The molecule has 0 N–H and O–H groups in total. The van der Waals surface area contributed by atoms with E-state index < -0.39 is 66.7 Å². The number of benzene rings is 1. The van der Waals surface area contributed by atoms with Crippen LogP contribution < -0.4 is 0 Å². The zero-order valence-electron chi connectivity index (χ0n) is 19.2. The molecule has 2 unspecified atom stereocenters. The van der Waals surface area contributed by atoms with Crippen molar-refractivity contribution in [1.29, 1.82) is 0 Å². The highest BCUT2D eigenvalue weighted by Crippen LogP contribution is 2.23. The Kier molecular flexibility index (Phi) is 11.4. The second-order valence-corrected chi connectivity index (χ2v) is 7.92. The third-order valence-corrected chi connectivity index (χ3v) is 4.57.